The molecule has 0 spiro atoms. The summed E-state index contributed by atoms with van der Waals surface area (Å²) in [5, 5.41) is 3.59. The summed E-state index contributed by atoms with van der Waals surface area (Å²) >= 11 is 0. The molecule has 1 saturated carbocycles. The second kappa shape index (κ2) is 5.37. The molecule has 1 N–H and O–H groups in total. The van der Waals surface area contributed by atoms with E-state index in [1.54, 1.807) is 0 Å². The standard InChI is InChI=1S/C15H23N3/c1-12-4-3-9-18(12)11-15-13(5-2-8-16-15)10-17-14-6-7-14/h2,5,8,12,14,17H,3-4,6-7,9-11H2,1H3. The molecule has 1 unspecified atom stereocenters. The summed E-state index contributed by atoms with van der Waals surface area (Å²) in [4.78, 5) is 7.15. The van der Waals surface area contributed by atoms with Gasteiger partial charge in [0.05, 0.1) is 5.69 Å². The third-order valence-corrected chi connectivity index (χ3v) is 4.19. The number of aromatic nitrogens is 1. The van der Waals surface area contributed by atoms with Gasteiger partial charge in [-0.1, -0.05) is 6.07 Å². The SMILES string of the molecule is CC1CCCN1Cc1ncccc1CNC1CC1. The molecule has 2 aliphatic rings. The van der Waals surface area contributed by atoms with Gasteiger partial charge in [0, 0.05) is 31.4 Å². The summed E-state index contributed by atoms with van der Waals surface area (Å²) in [5.74, 6) is 0. The van der Waals surface area contributed by atoms with Crippen molar-refractivity contribution in [2.45, 2.75) is 57.8 Å². The Balaban J connectivity index is 1.65. The zero-order valence-electron chi connectivity index (χ0n) is 11.2. The molecule has 3 nitrogen and oxygen atoms in total. The second-order valence-corrected chi connectivity index (χ2v) is 5.73. The fourth-order valence-electron chi connectivity index (χ4n) is 2.74. The van der Waals surface area contributed by atoms with Crippen LogP contribution in [-0.4, -0.2) is 28.5 Å². The maximum atomic E-state index is 4.59. The number of hydrogen-bond acceptors (Lipinski definition) is 3. The smallest absolute Gasteiger partial charge is 0.0588 e. The highest BCUT2D eigenvalue weighted by atomic mass is 15.2. The van der Waals surface area contributed by atoms with Gasteiger partial charge >= 0.3 is 0 Å². The maximum Gasteiger partial charge on any atom is 0.0588 e. The topological polar surface area (TPSA) is 28.2 Å². The highest BCUT2D eigenvalue weighted by molar-refractivity contribution is 5.20. The maximum absolute atomic E-state index is 4.59. The van der Waals surface area contributed by atoms with Crippen LogP contribution in [0.3, 0.4) is 0 Å². The van der Waals surface area contributed by atoms with Crippen molar-refractivity contribution in [2.24, 2.45) is 0 Å². The van der Waals surface area contributed by atoms with E-state index < -0.39 is 0 Å². The van der Waals surface area contributed by atoms with Crippen LogP contribution < -0.4 is 5.32 Å². The number of pyridine rings is 1. The van der Waals surface area contributed by atoms with Gasteiger partial charge in [-0.25, -0.2) is 0 Å². The van der Waals surface area contributed by atoms with Crippen LogP contribution in [0.2, 0.25) is 0 Å². The predicted molar refractivity (Wildman–Crippen MR) is 73.2 cm³/mol. The van der Waals surface area contributed by atoms with Gasteiger partial charge in [-0.15, -0.1) is 0 Å². The minimum Gasteiger partial charge on any atom is -0.310 e. The molecule has 1 atom stereocenters. The zero-order chi connectivity index (χ0) is 12.4. The Kier molecular flexibility index (Phi) is 3.62. The van der Waals surface area contributed by atoms with E-state index in [1.807, 2.05) is 6.20 Å². The van der Waals surface area contributed by atoms with Gasteiger partial charge in [-0.05, 0) is 50.8 Å². The first kappa shape index (κ1) is 12.1. The Bertz CT molecular complexity index is 400. The van der Waals surface area contributed by atoms with E-state index in [2.05, 4.69) is 34.3 Å². The van der Waals surface area contributed by atoms with Crippen molar-refractivity contribution >= 4 is 0 Å². The highest BCUT2D eigenvalue weighted by Gasteiger charge is 2.23. The Morgan fingerprint density at radius 3 is 3.00 bits per heavy atom. The van der Waals surface area contributed by atoms with Gasteiger partial charge < -0.3 is 5.32 Å². The molecule has 1 aromatic heterocycles. The molecule has 3 rings (SSSR count). The van der Waals surface area contributed by atoms with Crippen LogP contribution in [0.25, 0.3) is 0 Å². The van der Waals surface area contributed by atoms with Gasteiger partial charge in [0.2, 0.25) is 0 Å². The van der Waals surface area contributed by atoms with E-state index in [9.17, 15) is 0 Å². The van der Waals surface area contributed by atoms with Crippen LogP contribution in [0.1, 0.15) is 43.9 Å². The molecule has 2 heterocycles. The van der Waals surface area contributed by atoms with Crippen molar-refractivity contribution in [3.05, 3.63) is 29.6 Å². The summed E-state index contributed by atoms with van der Waals surface area (Å²) < 4.78 is 0. The van der Waals surface area contributed by atoms with Crippen molar-refractivity contribution in [1.82, 2.24) is 15.2 Å². The van der Waals surface area contributed by atoms with Crippen LogP contribution in [0.15, 0.2) is 18.3 Å². The molecule has 1 aliphatic carbocycles. The van der Waals surface area contributed by atoms with E-state index in [4.69, 9.17) is 0 Å². The van der Waals surface area contributed by atoms with Gasteiger partial charge in [0.1, 0.15) is 0 Å². The summed E-state index contributed by atoms with van der Waals surface area (Å²) in [7, 11) is 0. The van der Waals surface area contributed by atoms with Gasteiger partial charge in [-0.3, -0.25) is 9.88 Å². The lowest BCUT2D eigenvalue weighted by Crippen LogP contribution is -2.28. The van der Waals surface area contributed by atoms with E-state index >= 15 is 0 Å². The average molecular weight is 245 g/mol. The molecule has 1 aromatic rings. The van der Waals surface area contributed by atoms with Crippen LogP contribution >= 0.6 is 0 Å². The molecule has 1 aliphatic heterocycles. The van der Waals surface area contributed by atoms with Gasteiger partial charge in [0.15, 0.2) is 0 Å². The highest BCUT2D eigenvalue weighted by Crippen LogP contribution is 2.22. The van der Waals surface area contributed by atoms with E-state index in [0.29, 0.717) is 0 Å². The van der Waals surface area contributed by atoms with E-state index in [-0.39, 0.29) is 0 Å². The van der Waals surface area contributed by atoms with Crippen LogP contribution in [0, 0.1) is 0 Å². The monoisotopic (exact) mass is 245 g/mol. The molecule has 98 valence electrons. The molecule has 2 fully saturated rings. The average Bonchev–Trinajstić information content (AvgIpc) is 3.13. The number of nitrogens with zero attached hydrogens (tertiary/aromatic N) is 2. The third kappa shape index (κ3) is 2.90. The quantitative estimate of drug-likeness (QED) is 0.863. The molecule has 0 bridgehead atoms. The molecular weight excluding hydrogens is 222 g/mol. The number of nitrogens with one attached hydrogen (secondary N) is 1. The lowest BCUT2D eigenvalue weighted by Gasteiger charge is -2.21. The summed E-state index contributed by atoms with van der Waals surface area (Å²) in [6.07, 6.45) is 7.29. The van der Waals surface area contributed by atoms with Crippen molar-refractivity contribution in [3.8, 4) is 0 Å². The van der Waals surface area contributed by atoms with Crippen molar-refractivity contribution < 1.29 is 0 Å². The first-order valence-corrected chi connectivity index (χ1v) is 7.23. The van der Waals surface area contributed by atoms with Crippen LogP contribution in [0.4, 0.5) is 0 Å². The fraction of sp³-hybridized carbons (Fsp3) is 0.667. The Labute approximate surface area is 110 Å². The Hall–Kier alpha value is -0.930. The predicted octanol–water partition coefficient (Wildman–Crippen LogP) is 2.32. The van der Waals surface area contributed by atoms with Crippen molar-refractivity contribution in [1.29, 1.82) is 0 Å². The minimum atomic E-state index is 0.719. The summed E-state index contributed by atoms with van der Waals surface area (Å²) in [6.45, 7) is 5.56. The lowest BCUT2D eigenvalue weighted by atomic mass is 10.1. The van der Waals surface area contributed by atoms with Gasteiger partial charge in [0.25, 0.3) is 0 Å². The Morgan fingerprint density at radius 1 is 1.39 bits per heavy atom. The molecule has 0 radical (unpaired) electrons. The number of hydrogen-bond donors (Lipinski definition) is 1. The Morgan fingerprint density at radius 2 is 2.28 bits per heavy atom. The first-order valence-electron chi connectivity index (χ1n) is 7.23. The molecule has 3 heteroatoms. The van der Waals surface area contributed by atoms with Gasteiger partial charge in [-0.2, -0.15) is 0 Å². The number of rotatable bonds is 5. The minimum absolute atomic E-state index is 0.719. The van der Waals surface area contributed by atoms with Crippen molar-refractivity contribution in [3.63, 3.8) is 0 Å². The molecule has 0 amide bonds. The fourth-order valence-corrected chi connectivity index (χ4v) is 2.74. The normalized spacial score (nSPS) is 24.6. The lowest BCUT2D eigenvalue weighted by molar-refractivity contribution is 0.256. The second-order valence-electron chi connectivity index (χ2n) is 5.73. The largest absolute Gasteiger partial charge is 0.310 e. The summed E-state index contributed by atoms with van der Waals surface area (Å²) in [5.41, 5.74) is 2.64. The van der Waals surface area contributed by atoms with E-state index in [0.717, 1.165) is 25.2 Å². The third-order valence-electron chi connectivity index (χ3n) is 4.19. The molecule has 1 saturated heterocycles. The zero-order valence-corrected chi connectivity index (χ0v) is 11.2. The first-order chi connectivity index (χ1) is 8.83. The van der Waals surface area contributed by atoms with Crippen LogP contribution in [0.5, 0.6) is 0 Å². The van der Waals surface area contributed by atoms with Crippen LogP contribution in [-0.2, 0) is 13.1 Å². The summed E-state index contributed by atoms with van der Waals surface area (Å²) in [6, 6.07) is 5.76. The van der Waals surface area contributed by atoms with Crippen molar-refractivity contribution in [2.75, 3.05) is 6.54 Å². The molecule has 0 aromatic carbocycles. The molecular formula is C15H23N3. The number of likely N-dealkylation sites (tertiary alicyclic amines) is 1. The van der Waals surface area contributed by atoms with E-state index in [1.165, 1.54) is 43.5 Å². The molecule has 18 heavy (non-hydrogen) atoms.